The molecule has 1 aliphatic rings. The molecule has 1 aromatic carbocycles. The van der Waals surface area contributed by atoms with Crippen LogP contribution in [-0.2, 0) is 16.1 Å². The van der Waals surface area contributed by atoms with Gasteiger partial charge in [-0.3, -0.25) is 0 Å². The van der Waals surface area contributed by atoms with Gasteiger partial charge in [-0.05, 0) is 13.0 Å². The minimum atomic E-state index is 0.466. The molecule has 0 spiro atoms. The molecule has 0 atom stereocenters. The summed E-state index contributed by atoms with van der Waals surface area (Å²) in [6.45, 7) is 5.05. The van der Waals surface area contributed by atoms with Crippen LogP contribution in [0.25, 0.3) is 0 Å². The molecule has 3 heteroatoms. The summed E-state index contributed by atoms with van der Waals surface area (Å²) in [6.07, 6.45) is 0. The van der Waals surface area contributed by atoms with Crippen molar-refractivity contribution in [3.05, 3.63) is 29.8 Å². The van der Waals surface area contributed by atoms with E-state index < -0.39 is 0 Å². The standard InChI is InChI=1S/C12H17NO2/c1-2-14-7-10-5-3-4-6-12(10)13-11-8-15-9-11/h3-6,11,13H,2,7-9H2,1H3. The van der Waals surface area contributed by atoms with Crippen molar-refractivity contribution in [1.29, 1.82) is 0 Å². The van der Waals surface area contributed by atoms with Crippen molar-refractivity contribution in [2.75, 3.05) is 25.1 Å². The number of ether oxygens (including phenoxy) is 2. The molecule has 1 heterocycles. The molecular formula is C12H17NO2. The highest BCUT2D eigenvalue weighted by atomic mass is 16.5. The first-order valence-corrected chi connectivity index (χ1v) is 5.40. The molecule has 0 radical (unpaired) electrons. The van der Waals surface area contributed by atoms with E-state index in [9.17, 15) is 0 Å². The summed E-state index contributed by atoms with van der Waals surface area (Å²) >= 11 is 0. The highest BCUT2D eigenvalue weighted by molar-refractivity contribution is 5.51. The Labute approximate surface area is 90.4 Å². The molecule has 0 saturated carbocycles. The Kier molecular flexibility index (Phi) is 3.59. The zero-order valence-corrected chi connectivity index (χ0v) is 9.03. The number of nitrogens with one attached hydrogen (secondary N) is 1. The van der Waals surface area contributed by atoms with Crippen LogP contribution in [0.3, 0.4) is 0 Å². The van der Waals surface area contributed by atoms with Gasteiger partial charge in [0, 0.05) is 17.9 Å². The SMILES string of the molecule is CCOCc1ccccc1NC1COC1. The molecule has 3 nitrogen and oxygen atoms in total. The molecule has 0 unspecified atom stereocenters. The quantitative estimate of drug-likeness (QED) is 0.801. The predicted octanol–water partition coefficient (Wildman–Crippen LogP) is 2.03. The Bertz CT molecular complexity index is 310. The molecule has 0 aromatic heterocycles. The average molecular weight is 207 g/mol. The molecule has 2 rings (SSSR count). The molecule has 1 saturated heterocycles. The van der Waals surface area contributed by atoms with Crippen LogP contribution in [-0.4, -0.2) is 25.9 Å². The fourth-order valence-electron chi connectivity index (χ4n) is 1.54. The molecule has 0 amide bonds. The fourth-order valence-corrected chi connectivity index (χ4v) is 1.54. The average Bonchev–Trinajstić information content (AvgIpc) is 2.22. The normalized spacial score (nSPS) is 16.1. The van der Waals surface area contributed by atoms with Crippen molar-refractivity contribution < 1.29 is 9.47 Å². The lowest BCUT2D eigenvalue weighted by Crippen LogP contribution is -2.40. The summed E-state index contributed by atoms with van der Waals surface area (Å²) in [7, 11) is 0. The van der Waals surface area contributed by atoms with E-state index in [0.717, 1.165) is 19.8 Å². The second-order valence-corrected chi connectivity index (χ2v) is 3.67. The van der Waals surface area contributed by atoms with Gasteiger partial charge in [-0.2, -0.15) is 0 Å². The number of benzene rings is 1. The number of anilines is 1. The summed E-state index contributed by atoms with van der Waals surface area (Å²) in [5.74, 6) is 0. The topological polar surface area (TPSA) is 30.5 Å². The third-order valence-electron chi connectivity index (χ3n) is 2.48. The van der Waals surface area contributed by atoms with Gasteiger partial charge in [-0.1, -0.05) is 18.2 Å². The van der Waals surface area contributed by atoms with E-state index in [2.05, 4.69) is 17.4 Å². The Morgan fingerprint density at radius 1 is 1.40 bits per heavy atom. The summed E-state index contributed by atoms with van der Waals surface area (Å²) < 4.78 is 10.6. The van der Waals surface area contributed by atoms with Gasteiger partial charge in [-0.25, -0.2) is 0 Å². The first-order valence-electron chi connectivity index (χ1n) is 5.40. The zero-order chi connectivity index (χ0) is 10.5. The Morgan fingerprint density at radius 3 is 2.87 bits per heavy atom. The lowest BCUT2D eigenvalue weighted by Gasteiger charge is -2.28. The van der Waals surface area contributed by atoms with Crippen LogP contribution < -0.4 is 5.32 Å². The van der Waals surface area contributed by atoms with Crippen LogP contribution in [0.5, 0.6) is 0 Å². The van der Waals surface area contributed by atoms with E-state index >= 15 is 0 Å². The van der Waals surface area contributed by atoms with Crippen LogP contribution in [0.1, 0.15) is 12.5 Å². The summed E-state index contributed by atoms with van der Waals surface area (Å²) in [4.78, 5) is 0. The van der Waals surface area contributed by atoms with Crippen molar-refractivity contribution in [2.24, 2.45) is 0 Å². The van der Waals surface area contributed by atoms with Crippen molar-refractivity contribution in [2.45, 2.75) is 19.6 Å². The Balaban J connectivity index is 1.99. The number of hydrogen-bond donors (Lipinski definition) is 1. The van der Waals surface area contributed by atoms with Crippen LogP contribution in [0.2, 0.25) is 0 Å². The van der Waals surface area contributed by atoms with E-state index in [4.69, 9.17) is 9.47 Å². The number of para-hydroxylation sites is 1. The summed E-state index contributed by atoms with van der Waals surface area (Å²) in [5.41, 5.74) is 2.38. The van der Waals surface area contributed by atoms with Crippen molar-refractivity contribution >= 4 is 5.69 Å². The van der Waals surface area contributed by atoms with E-state index in [1.807, 2.05) is 19.1 Å². The minimum absolute atomic E-state index is 0.466. The molecule has 15 heavy (non-hydrogen) atoms. The van der Waals surface area contributed by atoms with Crippen LogP contribution in [0, 0.1) is 0 Å². The maximum absolute atomic E-state index is 5.42. The van der Waals surface area contributed by atoms with Gasteiger partial charge in [-0.15, -0.1) is 0 Å². The minimum Gasteiger partial charge on any atom is -0.377 e. The van der Waals surface area contributed by atoms with Gasteiger partial charge in [0.2, 0.25) is 0 Å². The molecule has 1 fully saturated rings. The first kappa shape index (κ1) is 10.5. The lowest BCUT2D eigenvalue weighted by molar-refractivity contribution is 0.0210. The van der Waals surface area contributed by atoms with Gasteiger partial charge in [0.05, 0.1) is 25.9 Å². The third kappa shape index (κ3) is 2.70. The van der Waals surface area contributed by atoms with Crippen molar-refractivity contribution in [3.8, 4) is 0 Å². The monoisotopic (exact) mass is 207 g/mol. The summed E-state index contributed by atoms with van der Waals surface area (Å²) in [6, 6.07) is 8.73. The second kappa shape index (κ2) is 5.14. The van der Waals surface area contributed by atoms with Crippen molar-refractivity contribution in [3.63, 3.8) is 0 Å². The molecule has 0 aliphatic carbocycles. The van der Waals surface area contributed by atoms with E-state index in [1.165, 1.54) is 11.3 Å². The second-order valence-electron chi connectivity index (χ2n) is 3.67. The zero-order valence-electron chi connectivity index (χ0n) is 9.03. The fraction of sp³-hybridized carbons (Fsp3) is 0.500. The van der Waals surface area contributed by atoms with E-state index in [1.54, 1.807) is 0 Å². The molecule has 1 N–H and O–H groups in total. The smallest absolute Gasteiger partial charge is 0.0736 e. The van der Waals surface area contributed by atoms with Crippen LogP contribution in [0.4, 0.5) is 5.69 Å². The maximum Gasteiger partial charge on any atom is 0.0736 e. The van der Waals surface area contributed by atoms with Crippen LogP contribution in [0.15, 0.2) is 24.3 Å². The molecule has 0 bridgehead atoms. The van der Waals surface area contributed by atoms with E-state index in [-0.39, 0.29) is 0 Å². The maximum atomic E-state index is 5.42. The molecule has 1 aliphatic heterocycles. The van der Waals surface area contributed by atoms with Gasteiger partial charge in [0.1, 0.15) is 0 Å². The van der Waals surface area contributed by atoms with Gasteiger partial charge in [0.25, 0.3) is 0 Å². The number of rotatable bonds is 5. The van der Waals surface area contributed by atoms with Gasteiger partial charge in [0.15, 0.2) is 0 Å². The van der Waals surface area contributed by atoms with E-state index in [0.29, 0.717) is 12.6 Å². The predicted molar refractivity (Wildman–Crippen MR) is 60.0 cm³/mol. The largest absolute Gasteiger partial charge is 0.377 e. The highest BCUT2D eigenvalue weighted by Gasteiger charge is 2.18. The van der Waals surface area contributed by atoms with Crippen LogP contribution >= 0.6 is 0 Å². The highest BCUT2D eigenvalue weighted by Crippen LogP contribution is 2.19. The lowest BCUT2D eigenvalue weighted by atomic mass is 10.1. The van der Waals surface area contributed by atoms with Gasteiger partial charge < -0.3 is 14.8 Å². The molecule has 82 valence electrons. The van der Waals surface area contributed by atoms with Crippen molar-refractivity contribution in [1.82, 2.24) is 0 Å². The first-order chi connectivity index (χ1) is 7.40. The molecule has 1 aromatic rings. The Hall–Kier alpha value is -1.06. The summed E-state index contributed by atoms with van der Waals surface area (Å²) in [5, 5.41) is 3.45. The van der Waals surface area contributed by atoms with Gasteiger partial charge >= 0.3 is 0 Å². The Morgan fingerprint density at radius 2 is 2.20 bits per heavy atom. The molecular weight excluding hydrogens is 190 g/mol. The third-order valence-corrected chi connectivity index (χ3v) is 2.48. The number of hydrogen-bond acceptors (Lipinski definition) is 3.